The van der Waals surface area contributed by atoms with E-state index in [1.807, 2.05) is 20.8 Å². The molecule has 0 saturated carbocycles. The van der Waals surface area contributed by atoms with E-state index in [4.69, 9.17) is 47.4 Å². The molecule has 0 amide bonds. The highest BCUT2D eigenvalue weighted by molar-refractivity contribution is 5.82. The highest BCUT2D eigenvalue weighted by atomic mass is 16.8. The summed E-state index contributed by atoms with van der Waals surface area (Å²) < 4.78 is 58.6. The van der Waals surface area contributed by atoms with Gasteiger partial charge in [0, 0.05) is 50.9 Å². The standard InChI is InChI=1S/C37H58O15/c1-17-10-13-27(39)47-21(5)24(16-45-34-32(44-9)31(43-8)28(40)22(6)48-34)30-26(50-30)12-11-25(38)18(2)14-19(3)29(17)51-35-33(41)37(15-20(4)46-35)23(7)49-36(42)52-37/h10,13,17-24,26,28-35,40-41H,11-12,14-16H2,1-9H3/t17?,18?,19?,20-,21?,22-,23+,24?,26?,28-,29?,30?,31-,32-,33+,34-,35+,37+/m1/s1. The number of aliphatic hydroxyl groups excluding tert-OH is 2. The third-order valence-electron chi connectivity index (χ3n) is 11.5. The number of carbonyl (C=O) groups is 3. The maximum absolute atomic E-state index is 13.4. The topological polar surface area (TPSA) is 187 Å². The molecule has 18 atom stereocenters. The van der Waals surface area contributed by atoms with Gasteiger partial charge in [0.25, 0.3) is 0 Å². The zero-order valence-electron chi connectivity index (χ0n) is 31.7. The number of hydrogen-bond acceptors (Lipinski definition) is 15. The molecule has 0 aromatic heterocycles. The van der Waals surface area contributed by atoms with Crippen molar-refractivity contribution in [3.63, 3.8) is 0 Å². The average molecular weight is 743 g/mol. The Morgan fingerprint density at radius 2 is 1.58 bits per heavy atom. The first-order valence-corrected chi connectivity index (χ1v) is 18.6. The Kier molecular flexibility index (Phi) is 13.4. The van der Waals surface area contributed by atoms with Gasteiger partial charge in [0.05, 0.1) is 37.1 Å². The van der Waals surface area contributed by atoms with Gasteiger partial charge in [0.1, 0.15) is 42.4 Å². The molecule has 5 heterocycles. The Balaban J connectivity index is 1.33. The van der Waals surface area contributed by atoms with Crippen LogP contribution in [-0.2, 0) is 57.0 Å². The Hall–Kier alpha value is -2.21. The van der Waals surface area contributed by atoms with Gasteiger partial charge in [0.2, 0.25) is 0 Å². The van der Waals surface area contributed by atoms with Crippen LogP contribution in [0.2, 0.25) is 0 Å². The first-order valence-electron chi connectivity index (χ1n) is 18.6. The lowest BCUT2D eigenvalue weighted by atomic mass is 9.82. The Morgan fingerprint density at radius 1 is 0.865 bits per heavy atom. The van der Waals surface area contributed by atoms with Gasteiger partial charge in [-0.05, 0) is 46.5 Å². The van der Waals surface area contributed by atoms with Crippen LogP contribution in [-0.4, -0.2) is 134 Å². The molecule has 15 nitrogen and oxygen atoms in total. The minimum absolute atomic E-state index is 0.0832. The molecule has 4 fully saturated rings. The predicted octanol–water partition coefficient (Wildman–Crippen LogP) is 2.85. The molecule has 4 saturated heterocycles. The maximum Gasteiger partial charge on any atom is 0.509 e. The van der Waals surface area contributed by atoms with Crippen LogP contribution < -0.4 is 0 Å². The summed E-state index contributed by atoms with van der Waals surface area (Å²) in [6, 6.07) is 0. The average Bonchev–Trinajstić information content (AvgIpc) is 3.79. The number of epoxide rings is 1. The Bertz CT molecular complexity index is 1280. The summed E-state index contributed by atoms with van der Waals surface area (Å²) in [5.74, 6) is -1.81. The molecular weight excluding hydrogens is 684 g/mol. The number of fused-ring (bicyclic) bond motifs is 1. The molecule has 0 bridgehead atoms. The Labute approximate surface area is 305 Å². The van der Waals surface area contributed by atoms with Crippen molar-refractivity contribution >= 4 is 17.9 Å². The molecule has 0 aliphatic carbocycles. The van der Waals surface area contributed by atoms with E-state index in [1.165, 1.54) is 20.3 Å². The van der Waals surface area contributed by atoms with Crippen LogP contribution in [0, 0.1) is 23.7 Å². The van der Waals surface area contributed by atoms with Crippen molar-refractivity contribution in [2.24, 2.45) is 23.7 Å². The summed E-state index contributed by atoms with van der Waals surface area (Å²) in [6.45, 7) is 12.8. The number of methoxy groups -OCH3 is 2. The van der Waals surface area contributed by atoms with Gasteiger partial charge in [-0.2, -0.15) is 0 Å². The molecule has 1 spiro atoms. The lowest BCUT2D eigenvalue weighted by Gasteiger charge is -2.46. The third-order valence-corrected chi connectivity index (χ3v) is 11.5. The highest BCUT2D eigenvalue weighted by Gasteiger charge is 2.61. The number of Topliss-reactive ketones (excluding diaryl/α,β-unsaturated/α-hetero) is 1. The molecule has 15 heteroatoms. The second-order valence-electron chi connectivity index (χ2n) is 15.3. The number of carbonyl (C=O) groups excluding carboxylic acids is 3. The lowest BCUT2D eigenvalue weighted by molar-refractivity contribution is -0.308. The van der Waals surface area contributed by atoms with Crippen molar-refractivity contribution in [2.75, 3.05) is 20.8 Å². The summed E-state index contributed by atoms with van der Waals surface area (Å²) in [6.07, 6.45) is -5.57. The van der Waals surface area contributed by atoms with Gasteiger partial charge in [0.15, 0.2) is 18.2 Å². The molecule has 0 radical (unpaired) electrons. The fourth-order valence-corrected chi connectivity index (χ4v) is 8.32. The second-order valence-corrected chi connectivity index (χ2v) is 15.3. The van der Waals surface area contributed by atoms with E-state index in [9.17, 15) is 24.6 Å². The van der Waals surface area contributed by atoms with E-state index in [1.54, 1.807) is 33.8 Å². The van der Waals surface area contributed by atoms with Crippen LogP contribution in [0.15, 0.2) is 12.2 Å². The van der Waals surface area contributed by atoms with Crippen molar-refractivity contribution < 1.29 is 72.0 Å². The van der Waals surface area contributed by atoms with Crippen molar-refractivity contribution in [3.05, 3.63) is 12.2 Å². The van der Waals surface area contributed by atoms with Gasteiger partial charge in [-0.15, -0.1) is 0 Å². The number of hydrogen-bond donors (Lipinski definition) is 2. The van der Waals surface area contributed by atoms with Crippen LogP contribution in [0.5, 0.6) is 0 Å². The fraction of sp³-hybridized carbons (Fsp3) is 0.865. The fourth-order valence-electron chi connectivity index (χ4n) is 8.32. The number of ether oxygens (including phenoxy) is 10. The van der Waals surface area contributed by atoms with Crippen molar-refractivity contribution in [3.8, 4) is 0 Å². The van der Waals surface area contributed by atoms with E-state index < -0.39 is 97.1 Å². The molecule has 8 unspecified atom stereocenters. The summed E-state index contributed by atoms with van der Waals surface area (Å²) in [7, 11) is 2.97. The van der Waals surface area contributed by atoms with Crippen LogP contribution in [0.3, 0.4) is 0 Å². The monoisotopic (exact) mass is 742 g/mol. The van der Waals surface area contributed by atoms with Crippen molar-refractivity contribution in [2.45, 2.75) is 159 Å². The largest absolute Gasteiger partial charge is 0.509 e. The Morgan fingerprint density at radius 3 is 2.23 bits per heavy atom. The van der Waals surface area contributed by atoms with Crippen molar-refractivity contribution in [1.29, 1.82) is 0 Å². The predicted molar refractivity (Wildman–Crippen MR) is 181 cm³/mol. The van der Waals surface area contributed by atoms with Gasteiger partial charge in [-0.1, -0.05) is 26.8 Å². The molecule has 0 aromatic carbocycles. The first kappa shape index (κ1) is 41.0. The minimum atomic E-state index is -1.35. The molecule has 52 heavy (non-hydrogen) atoms. The smallest absolute Gasteiger partial charge is 0.459 e. The maximum atomic E-state index is 13.4. The first-order chi connectivity index (χ1) is 24.6. The van der Waals surface area contributed by atoms with Crippen LogP contribution in [0.1, 0.15) is 74.1 Å². The quantitative estimate of drug-likeness (QED) is 0.286. The molecule has 5 aliphatic heterocycles. The summed E-state index contributed by atoms with van der Waals surface area (Å²) >= 11 is 0. The number of ketones is 1. The van der Waals surface area contributed by atoms with Gasteiger partial charge < -0.3 is 57.6 Å². The lowest BCUT2D eigenvalue weighted by Crippen LogP contribution is -2.62. The number of rotatable bonds is 7. The second kappa shape index (κ2) is 17.1. The molecule has 296 valence electrons. The van der Waals surface area contributed by atoms with Crippen molar-refractivity contribution in [1.82, 2.24) is 0 Å². The van der Waals surface area contributed by atoms with Gasteiger partial charge >= 0.3 is 12.1 Å². The zero-order chi connectivity index (χ0) is 38.1. The SMILES string of the molecule is CO[C@@H]1[C@H](O)[C@@H](C)O[C@@H](OCC2C(C)OC(=O)C=CC(C)C(O[C@@H]3O[C@H](C)C[C@@]4(OC(=O)O[C@H]4C)[C@H]3O)C(C)CC(C)C(=O)CCC3OC32)[C@@H]1OC. The number of esters is 1. The van der Waals surface area contributed by atoms with Crippen LogP contribution in [0.4, 0.5) is 4.79 Å². The molecule has 5 aliphatic rings. The van der Waals surface area contributed by atoms with E-state index in [0.29, 0.717) is 19.3 Å². The van der Waals surface area contributed by atoms with E-state index in [-0.39, 0.29) is 42.9 Å². The highest BCUT2D eigenvalue weighted by Crippen LogP contribution is 2.43. The normalized spacial score (nSPS) is 47.8. The van der Waals surface area contributed by atoms with E-state index in [2.05, 4.69) is 0 Å². The molecular formula is C37H58O15. The van der Waals surface area contributed by atoms with Crippen LogP contribution in [0.25, 0.3) is 0 Å². The third kappa shape index (κ3) is 8.84. The summed E-state index contributed by atoms with van der Waals surface area (Å²) in [5.41, 5.74) is -1.34. The molecule has 0 aromatic rings. The number of aliphatic hydroxyl groups is 2. The molecule has 2 N–H and O–H groups in total. The summed E-state index contributed by atoms with van der Waals surface area (Å²) in [5, 5.41) is 22.0. The molecule has 5 rings (SSSR count). The summed E-state index contributed by atoms with van der Waals surface area (Å²) in [4.78, 5) is 38.8. The number of cyclic esters (lactones) is 2. The zero-order valence-corrected chi connectivity index (χ0v) is 31.7. The minimum Gasteiger partial charge on any atom is -0.459 e. The van der Waals surface area contributed by atoms with Gasteiger partial charge in [-0.25, -0.2) is 9.59 Å². The van der Waals surface area contributed by atoms with E-state index in [0.717, 1.165) is 0 Å². The van der Waals surface area contributed by atoms with Crippen LogP contribution >= 0.6 is 0 Å². The van der Waals surface area contributed by atoms with Gasteiger partial charge in [-0.3, -0.25) is 4.79 Å². The van der Waals surface area contributed by atoms with E-state index >= 15 is 0 Å².